The predicted molar refractivity (Wildman–Crippen MR) is 107 cm³/mol. The lowest BCUT2D eigenvalue weighted by molar-refractivity contribution is 0.0947. The molecular weight excluding hydrogens is 357 g/mol. The maximum absolute atomic E-state index is 12.9. The summed E-state index contributed by atoms with van der Waals surface area (Å²) in [6.07, 6.45) is 2.22. The van der Waals surface area contributed by atoms with Gasteiger partial charge in [0, 0.05) is 18.5 Å². The second-order valence-electron chi connectivity index (χ2n) is 6.80. The Morgan fingerprint density at radius 1 is 1.11 bits per heavy atom. The molecule has 4 rings (SSSR count). The number of para-hydroxylation sites is 1. The maximum Gasteiger partial charge on any atom is 0.255 e. The maximum atomic E-state index is 12.9. The number of aromatic nitrogens is 1. The molecule has 0 atom stereocenters. The van der Waals surface area contributed by atoms with Gasteiger partial charge < -0.3 is 15.0 Å². The Bertz CT molecular complexity index is 969. The number of rotatable bonds is 6. The summed E-state index contributed by atoms with van der Waals surface area (Å²) in [5.74, 6) is 0.843. The Labute approximate surface area is 163 Å². The summed E-state index contributed by atoms with van der Waals surface area (Å²) in [4.78, 5) is 19.8. The van der Waals surface area contributed by atoms with Gasteiger partial charge in [-0.3, -0.25) is 4.79 Å². The second-order valence-corrected chi connectivity index (χ2v) is 6.80. The number of hydrogen-bond acceptors (Lipinski definition) is 4. The van der Waals surface area contributed by atoms with Gasteiger partial charge in [-0.1, -0.05) is 18.2 Å². The number of halogens is 1. The van der Waals surface area contributed by atoms with Crippen LogP contribution in [0.4, 0.5) is 10.2 Å². The lowest BCUT2D eigenvalue weighted by Crippen LogP contribution is -2.31. The van der Waals surface area contributed by atoms with Gasteiger partial charge in [-0.25, -0.2) is 9.37 Å². The molecule has 1 aliphatic heterocycles. The Kier molecular flexibility index (Phi) is 5.37. The number of hydrogen-bond donors (Lipinski definition) is 1. The van der Waals surface area contributed by atoms with Gasteiger partial charge in [0.1, 0.15) is 24.0 Å². The van der Waals surface area contributed by atoms with Crippen LogP contribution in [-0.4, -0.2) is 37.1 Å². The third kappa shape index (κ3) is 4.06. The minimum Gasteiger partial charge on any atom is -0.492 e. The molecule has 28 heavy (non-hydrogen) atoms. The molecule has 1 amide bonds. The molecule has 1 saturated heterocycles. The van der Waals surface area contributed by atoms with E-state index in [1.54, 1.807) is 12.1 Å². The molecule has 1 aliphatic rings. The standard InChI is InChI=1S/C22H22FN3O2/c23-17-7-9-18(10-8-17)28-14-11-24-22(27)19-15-16-5-1-2-6-20(16)25-21(19)26-12-3-4-13-26/h1-2,5-10,15H,3-4,11-14H2,(H,24,27). The molecule has 1 fully saturated rings. The molecular formula is C22H22FN3O2. The van der Waals surface area contributed by atoms with Crippen LogP contribution in [0.3, 0.4) is 0 Å². The van der Waals surface area contributed by atoms with Crippen molar-refractivity contribution < 1.29 is 13.9 Å². The predicted octanol–water partition coefficient (Wildman–Crippen LogP) is 3.78. The number of amides is 1. The van der Waals surface area contributed by atoms with Gasteiger partial charge in [0.15, 0.2) is 0 Å². The minimum atomic E-state index is -0.307. The first-order valence-electron chi connectivity index (χ1n) is 9.52. The van der Waals surface area contributed by atoms with Crippen molar-refractivity contribution in [3.63, 3.8) is 0 Å². The molecule has 3 aromatic rings. The summed E-state index contributed by atoms with van der Waals surface area (Å²) in [7, 11) is 0. The van der Waals surface area contributed by atoms with Crippen LogP contribution in [0.1, 0.15) is 23.2 Å². The Balaban J connectivity index is 1.46. The van der Waals surface area contributed by atoms with E-state index >= 15 is 0 Å². The molecule has 6 heteroatoms. The van der Waals surface area contributed by atoms with E-state index in [2.05, 4.69) is 10.2 Å². The fourth-order valence-electron chi connectivity index (χ4n) is 3.40. The number of benzene rings is 2. The van der Waals surface area contributed by atoms with Crippen LogP contribution >= 0.6 is 0 Å². The highest BCUT2D eigenvalue weighted by Gasteiger charge is 2.21. The molecule has 2 aromatic carbocycles. The van der Waals surface area contributed by atoms with E-state index < -0.39 is 0 Å². The summed E-state index contributed by atoms with van der Waals surface area (Å²) in [6.45, 7) is 2.48. The first-order valence-corrected chi connectivity index (χ1v) is 9.52. The number of nitrogens with zero attached hydrogens (tertiary/aromatic N) is 2. The highest BCUT2D eigenvalue weighted by molar-refractivity contribution is 6.02. The number of anilines is 1. The monoisotopic (exact) mass is 379 g/mol. The fourth-order valence-corrected chi connectivity index (χ4v) is 3.40. The van der Waals surface area contributed by atoms with E-state index in [9.17, 15) is 9.18 Å². The van der Waals surface area contributed by atoms with Crippen molar-refractivity contribution in [2.45, 2.75) is 12.8 Å². The zero-order valence-corrected chi connectivity index (χ0v) is 15.5. The van der Waals surface area contributed by atoms with E-state index in [0.29, 0.717) is 24.5 Å². The first kappa shape index (κ1) is 18.2. The number of nitrogens with one attached hydrogen (secondary N) is 1. The topological polar surface area (TPSA) is 54.5 Å². The van der Waals surface area contributed by atoms with Crippen LogP contribution in [0.5, 0.6) is 5.75 Å². The average Bonchev–Trinajstić information content (AvgIpc) is 3.26. The van der Waals surface area contributed by atoms with Crippen molar-refractivity contribution in [1.82, 2.24) is 10.3 Å². The van der Waals surface area contributed by atoms with Crippen molar-refractivity contribution in [2.24, 2.45) is 0 Å². The largest absolute Gasteiger partial charge is 0.492 e. The summed E-state index contributed by atoms with van der Waals surface area (Å²) in [6, 6.07) is 15.6. The van der Waals surface area contributed by atoms with Gasteiger partial charge in [0.2, 0.25) is 0 Å². The van der Waals surface area contributed by atoms with Crippen LogP contribution in [0.15, 0.2) is 54.6 Å². The van der Waals surface area contributed by atoms with Crippen LogP contribution in [0.25, 0.3) is 10.9 Å². The number of ether oxygens (including phenoxy) is 1. The van der Waals surface area contributed by atoms with E-state index in [-0.39, 0.29) is 11.7 Å². The van der Waals surface area contributed by atoms with Gasteiger partial charge in [0.25, 0.3) is 5.91 Å². The van der Waals surface area contributed by atoms with Crippen molar-refractivity contribution >= 4 is 22.6 Å². The van der Waals surface area contributed by atoms with E-state index in [1.165, 1.54) is 12.1 Å². The van der Waals surface area contributed by atoms with E-state index in [1.807, 2.05) is 30.3 Å². The van der Waals surface area contributed by atoms with Crippen molar-refractivity contribution in [1.29, 1.82) is 0 Å². The lowest BCUT2D eigenvalue weighted by atomic mass is 10.1. The van der Waals surface area contributed by atoms with Crippen molar-refractivity contribution in [2.75, 3.05) is 31.1 Å². The van der Waals surface area contributed by atoms with Crippen molar-refractivity contribution in [3.8, 4) is 5.75 Å². The summed E-state index contributed by atoms with van der Waals surface area (Å²) >= 11 is 0. The van der Waals surface area contributed by atoms with Gasteiger partial charge in [-0.15, -0.1) is 0 Å². The molecule has 5 nitrogen and oxygen atoms in total. The first-order chi connectivity index (χ1) is 13.7. The van der Waals surface area contributed by atoms with Gasteiger partial charge in [0.05, 0.1) is 17.6 Å². The molecule has 0 saturated carbocycles. The van der Waals surface area contributed by atoms with Crippen molar-refractivity contribution in [3.05, 3.63) is 66.0 Å². The summed E-state index contributed by atoms with van der Waals surface area (Å²) < 4.78 is 18.5. The molecule has 0 unspecified atom stereocenters. The highest BCUT2D eigenvalue weighted by atomic mass is 19.1. The molecule has 0 spiro atoms. The zero-order valence-electron chi connectivity index (χ0n) is 15.5. The van der Waals surface area contributed by atoms with Crippen LogP contribution in [0.2, 0.25) is 0 Å². The number of carbonyl (C=O) groups excluding carboxylic acids is 1. The smallest absolute Gasteiger partial charge is 0.255 e. The quantitative estimate of drug-likeness (QED) is 0.662. The SMILES string of the molecule is O=C(NCCOc1ccc(F)cc1)c1cc2ccccc2nc1N1CCCC1. The van der Waals surface area contributed by atoms with E-state index in [0.717, 1.165) is 42.7 Å². The van der Waals surface area contributed by atoms with Gasteiger partial charge >= 0.3 is 0 Å². The van der Waals surface area contributed by atoms with Gasteiger partial charge in [-0.05, 0) is 49.2 Å². The zero-order chi connectivity index (χ0) is 19.3. The Morgan fingerprint density at radius 2 is 1.86 bits per heavy atom. The summed E-state index contributed by atoms with van der Waals surface area (Å²) in [5.41, 5.74) is 1.47. The number of pyridine rings is 1. The number of fused-ring (bicyclic) bond motifs is 1. The lowest BCUT2D eigenvalue weighted by Gasteiger charge is -2.20. The molecule has 144 valence electrons. The third-order valence-corrected chi connectivity index (χ3v) is 4.82. The van der Waals surface area contributed by atoms with Gasteiger partial charge in [-0.2, -0.15) is 0 Å². The van der Waals surface area contributed by atoms with Crippen LogP contribution in [0, 0.1) is 5.82 Å². The minimum absolute atomic E-state index is 0.164. The third-order valence-electron chi connectivity index (χ3n) is 4.82. The number of carbonyl (C=O) groups is 1. The van der Waals surface area contributed by atoms with E-state index in [4.69, 9.17) is 9.72 Å². The molecule has 0 radical (unpaired) electrons. The molecule has 0 aliphatic carbocycles. The molecule has 1 N–H and O–H groups in total. The molecule has 1 aromatic heterocycles. The normalized spacial score (nSPS) is 13.7. The van der Waals surface area contributed by atoms with Crippen LogP contribution in [-0.2, 0) is 0 Å². The fraction of sp³-hybridized carbons (Fsp3) is 0.273. The second kappa shape index (κ2) is 8.25. The Hall–Kier alpha value is -3.15. The summed E-state index contributed by atoms with van der Waals surface area (Å²) in [5, 5.41) is 3.85. The Morgan fingerprint density at radius 3 is 2.64 bits per heavy atom. The molecule has 2 heterocycles. The highest BCUT2D eigenvalue weighted by Crippen LogP contribution is 2.26. The van der Waals surface area contributed by atoms with Crippen LogP contribution < -0.4 is 15.0 Å². The average molecular weight is 379 g/mol. The molecule has 0 bridgehead atoms.